The second-order valence-corrected chi connectivity index (χ2v) is 9.86. The Kier molecular flexibility index (Phi) is 11.8. The molecule has 4 rings (SSSR count). The largest absolute Gasteiger partial charge is 0.466 e. The molecule has 0 aromatic heterocycles. The number of ketones is 1. The highest BCUT2D eigenvalue weighted by molar-refractivity contribution is 5.82. The fourth-order valence-corrected chi connectivity index (χ4v) is 5.67. The number of ether oxygens (including phenoxy) is 3. The zero-order chi connectivity index (χ0) is 24.2. The van der Waals surface area contributed by atoms with Crippen molar-refractivity contribution < 1.29 is 23.8 Å². The number of nitrogens with zero attached hydrogens (tertiary/aromatic N) is 3. The summed E-state index contributed by atoms with van der Waals surface area (Å²) in [7, 11) is 0. The lowest BCUT2D eigenvalue weighted by Crippen LogP contribution is -2.45. The van der Waals surface area contributed by atoms with E-state index in [0.29, 0.717) is 18.7 Å². The first kappa shape index (κ1) is 27.1. The Morgan fingerprint density at radius 1 is 0.794 bits per heavy atom. The maximum absolute atomic E-state index is 11.6. The topological polar surface area (TPSA) is 92.1 Å². The van der Waals surface area contributed by atoms with Gasteiger partial charge in [-0.3, -0.25) is 9.59 Å². The van der Waals surface area contributed by atoms with Gasteiger partial charge in [-0.25, -0.2) is 0 Å². The van der Waals surface area contributed by atoms with Crippen LogP contribution in [0.15, 0.2) is 0 Å². The van der Waals surface area contributed by atoms with Gasteiger partial charge < -0.3 is 24.0 Å². The summed E-state index contributed by atoms with van der Waals surface area (Å²) in [6, 6.07) is 3.28. The summed E-state index contributed by atoms with van der Waals surface area (Å²) in [5.74, 6) is 0.398. The van der Waals surface area contributed by atoms with E-state index in [1.54, 1.807) is 0 Å². The zero-order valence-corrected chi connectivity index (χ0v) is 20.9. The van der Waals surface area contributed by atoms with Gasteiger partial charge in [0.25, 0.3) is 0 Å². The van der Waals surface area contributed by atoms with E-state index in [-0.39, 0.29) is 30.0 Å². The molecule has 0 aromatic rings. The highest BCUT2D eigenvalue weighted by atomic mass is 16.5. The normalized spacial score (nSPS) is 24.6. The van der Waals surface area contributed by atoms with Crippen LogP contribution in [0.3, 0.4) is 0 Å². The summed E-state index contributed by atoms with van der Waals surface area (Å²) in [6.45, 7) is 9.98. The minimum Gasteiger partial charge on any atom is -0.466 e. The van der Waals surface area contributed by atoms with Crippen LogP contribution < -0.4 is 0 Å². The Morgan fingerprint density at radius 2 is 1.24 bits per heavy atom. The van der Waals surface area contributed by atoms with Gasteiger partial charge in [-0.1, -0.05) is 0 Å². The maximum atomic E-state index is 11.6. The minimum absolute atomic E-state index is 0.000808. The van der Waals surface area contributed by atoms with Crippen molar-refractivity contribution in [3.05, 3.63) is 0 Å². The lowest BCUT2D eigenvalue weighted by Gasteiger charge is -2.38. The van der Waals surface area contributed by atoms with Gasteiger partial charge in [-0.05, 0) is 84.5 Å². The van der Waals surface area contributed by atoms with Crippen molar-refractivity contribution >= 4 is 11.8 Å². The molecular weight excluding hydrogens is 434 g/mol. The molecule has 4 fully saturated rings. The Labute approximate surface area is 204 Å². The second kappa shape index (κ2) is 14.8. The lowest BCUT2D eigenvalue weighted by molar-refractivity contribution is -0.150. The molecule has 0 saturated carbocycles. The number of nitriles is 1. The SMILES string of the molecule is CCOC(=O)C1CCN(C2CCOCC2)CC1.N#CCC(=O)C1CCN(C2CCOCC2)CC1. The summed E-state index contributed by atoms with van der Waals surface area (Å²) < 4.78 is 15.8. The first-order chi connectivity index (χ1) is 16.6. The van der Waals surface area contributed by atoms with Crippen molar-refractivity contribution in [1.82, 2.24) is 9.80 Å². The van der Waals surface area contributed by atoms with Crippen molar-refractivity contribution in [1.29, 1.82) is 5.26 Å². The van der Waals surface area contributed by atoms with Gasteiger partial charge in [0, 0.05) is 44.4 Å². The third-order valence-electron chi connectivity index (χ3n) is 7.80. The first-order valence-corrected chi connectivity index (χ1v) is 13.3. The molecule has 0 atom stereocenters. The number of piperidine rings is 2. The van der Waals surface area contributed by atoms with Crippen LogP contribution in [-0.2, 0) is 23.8 Å². The number of carbonyl (C=O) groups excluding carboxylic acids is 2. The van der Waals surface area contributed by atoms with Gasteiger partial charge in [0.1, 0.15) is 5.78 Å². The number of esters is 1. The molecule has 4 saturated heterocycles. The minimum atomic E-state index is -0.000808. The monoisotopic (exact) mass is 477 g/mol. The van der Waals surface area contributed by atoms with Crippen LogP contribution >= 0.6 is 0 Å². The molecule has 0 spiro atoms. The smallest absolute Gasteiger partial charge is 0.309 e. The fraction of sp³-hybridized carbons (Fsp3) is 0.885. The number of likely N-dealkylation sites (tertiary alicyclic amines) is 2. The molecule has 0 unspecified atom stereocenters. The van der Waals surface area contributed by atoms with Crippen LogP contribution in [0.4, 0.5) is 0 Å². The van der Waals surface area contributed by atoms with Crippen LogP contribution in [-0.4, -0.2) is 92.8 Å². The zero-order valence-electron chi connectivity index (χ0n) is 20.9. The van der Waals surface area contributed by atoms with E-state index in [2.05, 4.69) is 9.80 Å². The Bertz CT molecular complexity index is 654. The molecule has 0 aliphatic carbocycles. The number of carbonyl (C=O) groups is 2. The van der Waals surface area contributed by atoms with E-state index < -0.39 is 0 Å². The average molecular weight is 478 g/mol. The Hall–Kier alpha value is -1.53. The summed E-state index contributed by atoms with van der Waals surface area (Å²) in [4.78, 5) is 28.3. The molecule has 8 nitrogen and oxygen atoms in total. The van der Waals surface area contributed by atoms with Crippen LogP contribution in [0.5, 0.6) is 0 Å². The molecule has 8 heteroatoms. The molecule has 192 valence electrons. The Morgan fingerprint density at radius 3 is 1.65 bits per heavy atom. The van der Waals surface area contributed by atoms with Crippen molar-refractivity contribution in [2.75, 3.05) is 59.2 Å². The van der Waals surface area contributed by atoms with Crippen molar-refractivity contribution in [2.45, 2.75) is 76.8 Å². The summed E-state index contributed by atoms with van der Waals surface area (Å²) in [6.07, 6.45) is 8.38. The van der Waals surface area contributed by atoms with Crippen LogP contribution in [0, 0.1) is 23.2 Å². The van der Waals surface area contributed by atoms with E-state index in [9.17, 15) is 9.59 Å². The number of Topliss-reactive ketones (excluding diaryl/α,β-unsaturated/α-hetero) is 1. The molecule has 4 aliphatic heterocycles. The predicted molar refractivity (Wildman–Crippen MR) is 128 cm³/mol. The molecule has 0 amide bonds. The maximum Gasteiger partial charge on any atom is 0.309 e. The molecule has 0 aromatic carbocycles. The summed E-state index contributed by atoms with van der Waals surface area (Å²) in [5, 5.41) is 8.53. The van der Waals surface area contributed by atoms with Crippen molar-refractivity contribution in [3.8, 4) is 6.07 Å². The van der Waals surface area contributed by atoms with Gasteiger partial charge >= 0.3 is 5.97 Å². The van der Waals surface area contributed by atoms with Crippen molar-refractivity contribution in [2.24, 2.45) is 11.8 Å². The van der Waals surface area contributed by atoms with Gasteiger partial charge in [0.15, 0.2) is 0 Å². The predicted octanol–water partition coefficient (Wildman–Crippen LogP) is 2.80. The van der Waals surface area contributed by atoms with Crippen LogP contribution in [0.1, 0.15) is 64.7 Å². The average Bonchev–Trinajstić information content (AvgIpc) is 2.90. The molecule has 0 bridgehead atoms. The third-order valence-corrected chi connectivity index (χ3v) is 7.80. The van der Waals surface area contributed by atoms with E-state index >= 15 is 0 Å². The van der Waals surface area contributed by atoms with E-state index in [0.717, 1.165) is 104 Å². The van der Waals surface area contributed by atoms with Crippen LogP contribution in [0.2, 0.25) is 0 Å². The molecular formula is C26H43N3O5. The van der Waals surface area contributed by atoms with E-state index in [4.69, 9.17) is 19.5 Å². The van der Waals surface area contributed by atoms with Gasteiger partial charge in [-0.15, -0.1) is 0 Å². The van der Waals surface area contributed by atoms with Gasteiger partial charge in [-0.2, -0.15) is 5.26 Å². The third kappa shape index (κ3) is 8.30. The number of hydrogen-bond acceptors (Lipinski definition) is 8. The van der Waals surface area contributed by atoms with Crippen LogP contribution in [0.25, 0.3) is 0 Å². The molecule has 0 N–H and O–H groups in total. The molecule has 0 radical (unpaired) electrons. The summed E-state index contributed by atoms with van der Waals surface area (Å²) in [5.41, 5.74) is 0. The van der Waals surface area contributed by atoms with E-state index in [1.807, 2.05) is 13.0 Å². The highest BCUT2D eigenvalue weighted by Gasteiger charge is 2.30. The standard InChI is InChI=1S/C13H20N2O2.C13H23NO3/c14-6-1-13(16)11-2-7-15(8-3-11)12-4-9-17-10-5-12;1-2-17-13(15)11-3-7-14(8-4-11)12-5-9-16-10-6-12/h11-12H,1-5,7-10H2;11-12H,2-10H2,1H3. The molecule has 4 heterocycles. The van der Waals surface area contributed by atoms with Gasteiger partial charge in [0.2, 0.25) is 0 Å². The Balaban J connectivity index is 0.000000191. The fourth-order valence-electron chi connectivity index (χ4n) is 5.67. The first-order valence-electron chi connectivity index (χ1n) is 13.3. The molecule has 4 aliphatic rings. The lowest BCUT2D eigenvalue weighted by atomic mass is 9.90. The van der Waals surface area contributed by atoms with Gasteiger partial charge in [0.05, 0.1) is 25.0 Å². The quantitative estimate of drug-likeness (QED) is 0.539. The van der Waals surface area contributed by atoms with E-state index in [1.165, 1.54) is 0 Å². The number of rotatable bonds is 6. The highest BCUT2D eigenvalue weighted by Crippen LogP contribution is 2.25. The molecule has 34 heavy (non-hydrogen) atoms. The second-order valence-electron chi connectivity index (χ2n) is 9.86. The number of hydrogen-bond donors (Lipinski definition) is 0. The van der Waals surface area contributed by atoms with Crippen molar-refractivity contribution in [3.63, 3.8) is 0 Å². The summed E-state index contributed by atoms with van der Waals surface area (Å²) >= 11 is 0.